The third-order valence-corrected chi connectivity index (χ3v) is 2.37. The van der Waals surface area contributed by atoms with E-state index in [9.17, 15) is 0 Å². The topological polar surface area (TPSA) is 77.8 Å². The Balaban J connectivity index is 2.18. The second-order valence-electron chi connectivity index (χ2n) is 3.45. The number of nitrogen functional groups attached to an aromatic ring is 1. The predicted octanol–water partition coefficient (Wildman–Crippen LogP) is 1.87. The van der Waals surface area contributed by atoms with Crippen LogP contribution in [0.4, 0.5) is 5.88 Å². The van der Waals surface area contributed by atoms with E-state index >= 15 is 0 Å². The predicted molar refractivity (Wildman–Crippen MR) is 59.4 cm³/mol. The minimum Gasteiger partial charge on any atom is -0.368 e. The highest BCUT2D eigenvalue weighted by Crippen LogP contribution is 2.23. The quantitative estimate of drug-likeness (QED) is 0.666. The molecule has 2 aromatic heterocycles. The van der Waals surface area contributed by atoms with Gasteiger partial charge in [0.05, 0.1) is 12.4 Å². The second-order valence-corrected chi connectivity index (χ2v) is 3.45. The van der Waals surface area contributed by atoms with Gasteiger partial charge in [-0.2, -0.15) is 10.2 Å². The summed E-state index contributed by atoms with van der Waals surface area (Å²) in [5.74, 6) is 0.308. The van der Waals surface area contributed by atoms with Crippen molar-refractivity contribution in [3.05, 3.63) is 36.7 Å². The van der Waals surface area contributed by atoms with E-state index in [-0.39, 0.29) is 0 Å². The first-order chi connectivity index (χ1) is 7.83. The Hall–Kier alpha value is -2.43. The molecule has 0 unspecified atom stereocenters. The van der Waals surface area contributed by atoms with Gasteiger partial charge in [0.15, 0.2) is 0 Å². The van der Waals surface area contributed by atoms with Crippen molar-refractivity contribution >= 4 is 16.7 Å². The Kier molecular flexibility index (Phi) is 1.83. The summed E-state index contributed by atoms with van der Waals surface area (Å²) in [4.78, 5) is 0. The lowest BCUT2D eigenvalue weighted by molar-refractivity contribution is 0.439. The molecule has 3 rings (SSSR count). The maximum Gasteiger partial charge on any atom is 0.222 e. The molecule has 16 heavy (non-hydrogen) atoms. The first-order valence-corrected chi connectivity index (χ1v) is 4.76. The van der Waals surface area contributed by atoms with Gasteiger partial charge < -0.3 is 10.3 Å². The summed E-state index contributed by atoms with van der Waals surface area (Å²) in [5, 5.41) is 13.6. The number of benzene rings is 1. The molecule has 0 aliphatic carbocycles. The number of hydrogen-bond donors (Lipinski definition) is 1. The van der Waals surface area contributed by atoms with E-state index in [4.69, 9.17) is 10.3 Å². The zero-order valence-corrected chi connectivity index (χ0v) is 8.29. The molecular formula is C11H8N4O. The monoisotopic (exact) mass is 212 g/mol. The van der Waals surface area contributed by atoms with Gasteiger partial charge in [0.1, 0.15) is 5.69 Å². The highest BCUT2D eigenvalue weighted by Gasteiger charge is 2.04. The summed E-state index contributed by atoms with van der Waals surface area (Å²) in [7, 11) is 0. The lowest BCUT2D eigenvalue weighted by Crippen LogP contribution is -1.82. The molecule has 0 fully saturated rings. The zero-order chi connectivity index (χ0) is 11.0. The standard InChI is InChI=1S/C11H8N4O/c12-11-4-10(15-16-11)7-1-2-8-5-13-14-6-9(8)3-7/h1-6H,12H2. The number of nitrogens with two attached hydrogens (primary N) is 1. The molecule has 0 saturated carbocycles. The van der Waals surface area contributed by atoms with Gasteiger partial charge in [-0.15, -0.1) is 0 Å². The van der Waals surface area contributed by atoms with Crippen molar-refractivity contribution in [2.45, 2.75) is 0 Å². The molecule has 0 spiro atoms. The molecule has 0 bridgehead atoms. The number of anilines is 1. The van der Waals surface area contributed by atoms with E-state index in [2.05, 4.69) is 15.4 Å². The van der Waals surface area contributed by atoms with Crippen molar-refractivity contribution in [3.63, 3.8) is 0 Å². The number of aromatic nitrogens is 3. The Morgan fingerprint density at radius 2 is 1.81 bits per heavy atom. The van der Waals surface area contributed by atoms with Crippen LogP contribution in [0.3, 0.4) is 0 Å². The molecule has 3 aromatic rings. The fraction of sp³-hybridized carbons (Fsp3) is 0. The molecule has 0 saturated heterocycles. The Morgan fingerprint density at radius 3 is 2.56 bits per heavy atom. The molecule has 0 amide bonds. The van der Waals surface area contributed by atoms with E-state index in [0.717, 1.165) is 22.0 Å². The van der Waals surface area contributed by atoms with Crippen LogP contribution in [0.2, 0.25) is 0 Å². The van der Waals surface area contributed by atoms with Crippen LogP contribution in [0, 0.1) is 0 Å². The van der Waals surface area contributed by atoms with Gasteiger partial charge >= 0.3 is 0 Å². The lowest BCUT2D eigenvalue weighted by atomic mass is 10.1. The zero-order valence-electron chi connectivity index (χ0n) is 8.29. The highest BCUT2D eigenvalue weighted by atomic mass is 16.5. The highest BCUT2D eigenvalue weighted by molar-refractivity contribution is 5.85. The van der Waals surface area contributed by atoms with Crippen molar-refractivity contribution in [1.82, 2.24) is 15.4 Å². The molecule has 78 valence electrons. The van der Waals surface area contributed by atoms with Gasteiger partial charge in [-0.3, -0.25) is 0 Å². The van der Waals surface area contributed by atoms with Gasteiger partial charge in [0.2, 0.25) is 5.88 Å². The van der Waals surface area contributed by atoms with E-state index in [1.165, 1.54) is 0 Å². The van der Waals surface area contributed by atoms with Gasteiger partial charge in [-0.1, -0.05) is 17.3 Å². The van der Waals surface area contributed by atoms with Crippen LogP contribution in [-0.4, -0.2) is 15.4 Å². The Labute approximate surface area is 90.9 Å². The van der Waals surface area contributed by atoms with Crippen LogP contribution in [0.5, 0.6) is 0 Å². The number of nitrogens with zero attached hydrogens (tertiary/aromatic N) is 3. The number of fused-ring (bicyclic) bond motifs is 1. The molecule has 2 N–H and O–H groups in total. The summed E-state index contributed by atoms with van der Waals surface area (Å²) in [6, 6.07) is 7.57. The molecule has 1 aromatic carbocycles. The number of hydrogen-bond acceptors (Lipinski definition) is 5. The minimum absolute atomic E-state index is 0.308. The summed E-state index contributed by atoms with van der Waals surface area (Å²) in [6.07, 6.45) is 3.43. The van der Waals surface area contributed by atoms with E-state index < -0.39 is 0 Å². The van der Waals surface area contributed by atoms with Crippen molar-refractivity contribution in [2.24, 2.45) is 0 Å². The molecule has 0 aliphatic heterocycles. The van der Waals surface area contributed by atoms with Crippen molar-refractivity contribution < 1.29 is 4.52 Å². The lowest BCUT2D eigenvalue weighted by Gasteiger charge is -1.98. The fourth-order valence-corrected chi connectivity index (χ4v) is 1.58. The summed E-state index contributed by atoms with van der Waals surface area (Å²) in [6.45, 7) is 0. The van der Waals surface area contributed by atoms with Crippen LogP contribution >= 0.6 is 0 Å². The summed E-state index contributed by atoms with van der Waals surface area (Å²) < 4.78 is 4.83. The second kappa shape index (κ2) is 3.30. The smallest absolute Gasteiger partial charge is 0.222 e. The van der Waals surface area contributed by atoms with E-state index in [1.807, 2.05) is 18.2 Å². The van der Waals surface area contributed by atoms with Gasteiger partial charge in [0, 0.05) is 22.4 Å². The molecule has 0 radical (unpaired) electrons. The first-order valence-electron chi connectivity index (χ1n) is 4.76. The largest absolute Gasteiger partial charge is 0.368 e. The Morgan fingerprint density at radius 1 is 1.00 bits per heavy atom. The number of rotatable bonds is 1. The van der Waals surface area contributed by atoms with Crippen molar-refractivity contribution in [3.8, 4) is 11.3 Å². The summed E-state index contributed by atoms with van der Waals surface area (Å²) >= 11 is 0. The first kappa shape index (κ1) is 8.84. The van der Waals surface area contributed by atoms with Crippen LogP contribution in [0.1, 0.15) is 0 Å². The van der Waals surface area contributed by atoms with Crippen LogP contribution in [0.25, 0.3) is 22.0 Å². The molecule has 5 heteroatoms. The van der Waals surface area contributed by atoms with Crippen molar-refractivity contribution in [1.29, 1.82) is 0 Å². The van der Waals surface area contributed by atoms with Crippen LogP contribution < -0.4 is 5.73 Å². The van der Waals surface area contributed by atoms with E-state index in [1.54, 1.807) is 18.5 Å². The minimum atomic E-state index is 0.308. The van der Waals surface area contributed by atoms with Crippen LogP contribution in [0.15, 0.2) is 41.2 Å². The van der Waals surface area contributed by atoms with Gasteiger partial charge in [0.25, 0.3) is 0 Å². The molecular weight excluding hydrogens is 204 g/mol. The van der Waals surface area contributed by atoms with Crippen LogP contribution in [-0.2, 0) is 0 Å². The average molecular weight is 212 g/mol. The fourth-order valence-electron chi connectivity index (χ4n) is 1.58. The molecule has 0 aliphatic rings. The SMILES string of the molecule is Nc1cc(-c2ccc3cnncc3c2)no1. The van der Waals surface area contributed by atoms with Gasteiger partial charge in [-0.25, -0.2) is 0 Å². The maximum absolute atomic E-state index is 5.48. The van der Waals surface area contributed by atoms with Gasteiger partial charge in [-0.05, 0) is 6.07 Å². The molecule has 5 nitrogen and oxygen atoms in total. The summed E-state index contributed by atoms with van der Waals surface area (Å²) in [5.41, 5.74) is 7.14. The normalized spacial score (nSPS) is 10.8. The third-order valence-electron chi connectivity index (χ3n) is 2.37. The van der Waals surface area contributed by atoms with Crippen molar-refractivity contribution in [2.75, 3.05) is 5.73 Å². The Bertz CT molecular complexity index is 647. The maximum atomic E-state index is 5.48. The molecule has 0 atom stereocenters. The molecule has 2 heterocycles. The third kappa shape index (κ3) is 1.38. The van der Waals surface area contributed by atoms with E-state index in [0.29, 0.717) is 5.88 Å². The average Bonchev–Trinajstić information content (AvgIpc) is 2.75.